The SMILES string of the molecule is CN(CCO)C(=O)CN1Cc2c(cccc2N2CC[C@@H](Oc3cncc(Oc4ccc(F)cc4)c3)C2=O)C1=O. The second kappa shape index (κ2) is 11.1. The summed E-state index contributed by atoms with van der Waals surface area (Å²) in [7, 11) is 1.57. The summed E-state index contributed by atoms with van der Waals surface area (Å²) in [5.41, 5.74) is 1.75. The molecule has 1 aromatic heterocycles. The summed E-state index contributed by atoms with van der Waals surface area (Å²) in [4.78, 5) is 47.3. The molecule has 202 valence electrons. The summed E-state index contributed by atoms with van der Waals surface area (Å²) >= 11 is 0. The molecule has 0 saturated carbocycles. The van der Waals surface area contributed by atoms with Gasteiger partial charge >= 0.3 is 0 Å². The third kappa shape index (κ3) is 5.53. The molecule has 10 nitrogen and oxygen atoms in total. The van der Waals surface area contributed by atoms with Crippen molar-refractivity contribution in [1.82, 2.24) is 14.8 Å². The Morgan fingerprint density at radius 1 is 1.13 bits per heavy atom. The van der Waals surface area contributed by atoms with Gasteiger partial charge in [-0.3, -0.25) is 19.4 Å². The fourth-order valence-electron chi connectivity index (χ4n) is 4.64. The van der Waals surface area contributed by atoms with Crippen molar-refractivity contribution in [3.05, 3.63) is 77.9 Å². The molecule has 0 bridgehead atoms. The van der Waals surface area contributed by atoms with Gasteiger partial charge in [0.15, 0.2) is 6.10 Å². The average Bonchev–Trinajstić information content (AvgIpc) is 3.44. The molecule has 1 N–H and O–H groups in total. The highest BCUT2D eigenvalue weighted by Gasteiger charge is 2.38. The molecule has 3 aromatic rings. The summed E-state index contributed by atoms with van der Waals surface area (Å²) in [6.07, 6.45) is 2.63. The lowest BCUT2D eigenvalue weighted by molar-refractivity contribution is -0.131. The largest absolute Gasteiger partial charge is 0.479 e. The van der Waals surface area contributed by atoms with Crippen LogP contribution in [0.1, 0.15) is 22.3 Å². The van der Waals surface area contributed by atoms with Crippen molar-refractivity contribution < 1.29 is 33.4 Å². The molecule has 2 aliphatic heterocycles. The van der Waals surface area contributed by atoms with Crippen molar-refractivity contribution in [2.45, 2.75) is 19.1 Å². The number of anilines is 1. The standard InChI is InChI=1S/C28H27FN4O6/c1-31(11-12-34)26(35)17-32-16-23-22(27(32)36)3-2-4-24(23)33-10-9-25(28(33)37)39-21-13-20(14-30-15-21)38-19-7-5-18(29)6-8-19/h2-8,13-15,25,34H,9-12,16-17H2,1H3/t25-/m1/s1. The molecular formula is C28H27FN4O6. The zero-order valence-corrected chi connectivity index (χ0v) is 21.2. The second-order valence-electron chi connectivity index (χ2n) is 9.30. The van der Waals surface area contributed by atoms with Crippen LogP contribution in [0, 0.1) is 5.82 Å². The minimum atomic E-state index is -0.759. The fraction of sp³-hybridized carbons (Fsp3) is 0.286. The number of aliphatic hydroxyl groups excluding tert-OH is 1. The zero-order chi connectivity index (χ0) is 27.5. The summed E-state index contributed by atoms with van der Waals surface area (Å²) in [6.45, 7) is 0.491. The van der Waals surface area contributed by atoms with E-state index in [2.05, 4.69) is 4.98 Å². The van der Waals surface area contributed by atoms with Crippen LogP contribution in [0.2, 0.25) is 0 Å². The maximum absolute atomic E-state index is 13.4. The number of carbonyl (C=O) groups excluding carboxylic acids is 3. The number of carbonyl (C=O) groups is 3. The predicted octanol–water partition coefficient (Wildman–Crippen LogP) is 2.60. The Kier molecular flexibility index (Phi) is 7.42. The Balaban J connectivity index is 1.27. The molecule has 11 heteroatoms. The second-order valence-corrected chi connectivity index (χ2v) is 9.30. The van der Waals surface area contributed by atoms with Crippen LogP contribution in [0.25, 0.3) is 0 Å². The number of rotatable bonds is 9. The van der Waals surface area contributed by atoms with Gasteiger partial charge in [0.25, 0.3) is 11.8 Å². The average molecular weight is 535 g/mol. The van der Waals surface area contributed by atoms with Crippen LogP contribution >= 0.6 is 0 Å². The number of hydrogen-bond donors (Lipinski definition) is 1. The smallest absolute Gasteiger partial charge is 0.268 e. The van der Waals surface area contributed by atoms with Crippen LogP contribution in [0.4, 0.5) is 10.1 Å². The molecule has 2 aromatic carbocycles. The predicted molar refractivity (Wildman–Crippen MR) is 138 cm³/mol. The van der Waals surface area contributed by atoms with Crippen LogP contribution in [0.5, 0.6) is 17.2 Å². The highest BCUT2D eigenvalue weighted by Crippen LogP contribution is 2.35. The number of halogens is 1. The van der Waals surface area contributed by atoms with Gasteiger partial charge in [0.2, 0.25) is 5.91 Å². The van der Waals surface area contributed by atoms with Crippen LogP contribution < -0.4 is 14.4 Å². The molecule has 0 unspecified atom stereocenters. The number of hydrogen-bond acceptors (Lipinski definition) is 7. The van der Waals surface area contributed by atoms with E-state index in [1.807, 2.05) is 0 Å². The van der Waals surface area contributed by atoms with Crippen molar-refractivity contribution in [1.29, 1.82) is 0 Å². The number of fused-ring (bicyclic) bond motifs is 1. The Bertz CT molecular complexity index is 1400. The van der Waals surface area contributed by atoms with Gasteiger partial charge in [-0.25, -0.2) is 4.39 Å². The van der Waals surface area contributed by atoms with E-state index in [-0.39, 0.29) is 49.8 Å². The summed E-state index contributed by atoms with van der Waals surface area (Å²) in [5, 5.41) is 9.08. The van der Waals surface area contributed by atoms with Gasteiger partial charge in [0.05, 0.1) is 19.0 Å². The van der Waals surface area contributed by atoms with E-state index < -0.39 is 6.10 Å². The number of pyridine rings is 1. The number of nitrogens with zero attached hydrogens (tertiary/aromatic N) is 4. The molecule has 1 saturated heterocycles. The fourth-order valence-corrected chi connectivity index (χ4v) is 4.64. The van der Waals surface area contributed by atoms with Gasteiger partial charge in [-0.15, -0.1) is 0 Å². The molecule has 1 atom stereocenters. The van der Waals surface area contributed by atoms with E-state index >= 15 is 0 Å². The Labute approximate surface area is 224 Å². The molecule has 3 heterocycles. The molecule has 39 heavy (non-hydrogen) atoms. The first kappa shape index (κ1) is 26.1. The first-order chi connectivity index (χ1) is 18.8. The monoisotopic (exact) mass is 534 g/mol. The van der Waals surface area contributed by atoms with Crippen LogP contribution in [-0.4, -0.2) is 77.0 Å². The topological polar surface area (TPSA) is 113 Å². The van der Waals surface area contributed by atoms with Gasteiger partial charge in [0.1, 0.15) is 29.6 Å². The highest BCUT2D eigenvalue weighted by molar-refractivity contribution is 6.05. The highest BCUT2D eigenvalue weighted by atomic mass is 19.1. The maximum Gasteiger partial charge on any atom is 0.268 e. The summed E-state index contributed by atoms with van der Waals surface area (Å²) in [6, 6.07) is 12.4. The van der Waals surface area contributed by atoms with E-state index in [4.69, 9.17) is 14.6 Å². The number of likely N-dealkylation sites (N-methyl/N-ethyl adjacent to an activating group) is 1. The normalized spacial score (nSPS) is 16.4. The molecule has 3 amide bonds. The first-order valence-corrected chi connectivity index (χ1v) is 12.5. The number of aliphatic hydroxyl groups is 1. The number of benzene rings is 2. The Hall–Kier alpha value is -4.51. The van der Waals surface area contributed by atoms with Gasteiger partial charge in [-0.2, -0.15) is 0 Å². The maximum atomic E-state index is 13.4. The van der Waals surface area contributed by atoms with Crippen molar-refractivity contribution in [3.8, 4) is 17.2 Å². The zero-order valence-electron chi connectivity index (χ0n) is 21.2. The summed E-state index contributed by atoms with van der Waals surface area (Å²) < 4.78 is 24.8. The number of ether oxygens (including phenoxy) is 2. The molecule has 1 fully saturated rings. The first-order valence-electron chi connectivity index (χ1n) is 12.5. The molecule has 5 rings (SSSR count). The van der Waals surface area contributed by atoms with E-state index in [0.29, 0.717) is 47.0 Å². The molecule has 0 aliphatic carbocycles. The van der Waals surface area contributed by atoms with Gasteiger partial charge in [-0.05, 0) is 36.4 Å². The van der Waals surface area contributed by atoms with E-state index in [9.17, 15) is 18.8 Å². The molecule has 0 spiro atoms. The van der Waals surface area contributed by atoms with E-state index in [0.717, 1.165) is 0 Å². The van der Waals surface area contributed by atoms with E-state index in [1.165, 1.54) is 46.5 Å². The Morgan fingerprint density at radius 2 is 1.90 bits per heavy atom. The van der Waals surface area contributed by atoms with Gasteiger partial charge in [-0.1, -0.05) is 6.07 Å². The molecular weight excluding hydrogens is 507 g/mol. The third-order valence-electron chi connectivity index (χ3n) is 6.67. The number of amides is 3. The minimum Gasteiger partial charge on any atom is -0.479 e. The summed E-state index contributed by atoms with van der Waals surface area (Å²) in [5.74, 6) is -0.0281. The minimum absolute atomic E-state index is 0.119. The number of aromatic nitrogens is 1. The van der Waals surface area contributed by atoms with Crippen molar-refractivity contribution >= 4 is 23.4 Å². The van der Waals surface area contributed by atoms with Gasteiger partial charge in [0, 0.05) is 56.0 Å². The van der Waals surface area contributed by atoms with Gasteiger partial charge < -0.3 is 29.3 Å². The Morgan fingerprint density at radius 3 is 2.67 bits per heavy atom. The van der Waals surface area contributed by atoms with Crippen molar-refractivity contribution in [2.75, 3.05) is 38.2 Å². The quantitative estimate of drug-likeness (QED) is 0.449. The van der Waals surface area contributed by atoms with Crippen LogP contribution in [-0.2, 0) is 16.1 Å². The van der Waals surface area contributed by atoms with Crippen LogP contribution in [0.3, 0.4) is 0 Å². The van der Waals surface area contributed by atoms with Crippen molar-refractivity contribution in [3.63, 3.8) is 0 Å². The lowest BCUT2D eigenvalue weighted by Gasteiger charge is -2.22. The lowest BCUT2D eigenvalue weighted by Crippen LogP contribution is -2.39. The van der Waals surface area contributed by atoms with Crippen molar-refractivity contribution in [2.24, 2.45) is 0 Å². The van der Waals surface area contributed by atoms with E-state index in [1.54, 1.807) is 36.2 Å². The molecule has 0 radical (unpaired) electrons. The lowest BCUT2D eigenvalue weighted by atomic mass is 10.1. The third-order valence-corrected chi connectivity index (χ3v) is 6.67. The molecule has 2 aliphatic rings. The van der Waals surface area contributed by atoms with Crippen LogP contribution in [0.15, 0.2) is 60.9 Å².